The van der Waals surface area contributed by atoms with E-state index >= 15 is 0 Å². The fourth-order valence-electron chi connectivity index (χ4n) is 2.23. The maximum atomic E-state index is 6.07. The van der Waals surface area contributed by atoms with Crippen molar-refractivity contribution in [1.82, 2.24) is 0 Å². The minimum Gasteiger partial charge on any atom is -0.327 e. The Labute approximate surface area is 70.4 Å². The van der Waals surface area contributed by atoms with Crippen LogP contribution >= 0.6 is 0 Å². The fraction of sp³-hybridized carbons (Fsp3) is 1.00. The molecule has 1 aliphatic carbocycles. The quantitative estimate of drug-likeness (QED) is 0.571. The Morgan fingerprint density at radius 3 is 2.00 bits per heavy atom. The largest absolute Gasteiger partial charge is 0.327 e. The SMILES string of the molecule is CC(C)(C)C1CCCC[C@H]1N. The topological polar surface area (TPSA) is 26.0 Å². The lowest BCUT2D eigenvalue weighted by Gasteiger charge is -2.38. The summed E-state index contributed by atoms with van der Waals surface area (Å²) in [6.45, 7) is 6.93. The molecule has 0 radical (unpaired) electrons. The molecule has 2 N–H and O–H groups in total. The van der Waals surface area contributed by atoms with Crippen LogP contribution in [0.15, 0.2) is 0 Å². The molecule has 0 aliphatic heterocycles. The van der Waals surface area contributed by atoms with Crippen LogP contribution in [0.1, 0.15) is 46.5 Å². The first-order valence-corrected chi connectivity index (χ1v) is 4.77. The molecule has 0 aromatic carbocycles. The summed E-state index contributed by atoms with van der Waals surface area (Å²) in [6.07, 6.45) is 5.30. The van der Waals surface area contributed by atoms with Crippen molar-refractivity contribution in [2.45, 2.75) is 52.5 Å². The summed E-state index contributed by atoms with van der Waals surface area (Å²) in [5.41, 5.74) is 6.48. The highest BCUT2D eigenvalue weighted by Gasteiger charge is 2.31. The van der Waals surface area contributed by atoms with Gasteiger partial charge in [0.25, 0.3) is 0 Å². The summed E-state index contributed by atoms with van der Waals surface area (Å²) in [7, 11) is 0. The average molecular weight is 155 g/mol. The molecule has 1 rings (SSSR count). The molecule has 0 heterocycles. The van der Waals surface area contributed by atoms with Crippen LogP contribution in [0.5, 0.6) is 0 Å². The maximum absolute atomic E-state index is 6.07. The molecular weight excluding hydrogens is 134 g/mol. The van der Waals surface area contributed by atoms with Crippen LogP contribution in [0.25, 0.3) is 0 Å². The van der Waals surface area contributed by atoms with Crippen molar-refractivity contribution in [1.29, 1.82) is 0 Å². The zero-order valence-corrected chi connectivity index (χ0v) is 8.06. The van der Waals surface area contributed by atoms with Gasteiger partial charge in [-0.05, 0) is 24.2 Å². The zero-order chi connectivity index (χ0) is 8.48. The lowest BCUT2D eigenvalue weighted by atomic mass is 9.70. The lowest BCUT2D eigenvalue weighted by Crippen LogP contribution is -2.40. The van der Waals surface area contributed by atoms with Crippen LogP contribution in [0, 0.1) is 11.3 Å². The molecule has 11 heavy (non-hydrogen) atoms. The molecule has 0 amide bonds. The highest BCUT2D eigenvalue weighted by Crippen LogP contribution is 2.36. The first-order chi connectivity index (χ1) is 5.02. The molecule has 0 aromatic rings. The number of hydrogen-bond donors (Lipinski definition) is 1. The van der Waals surface area contributed by atoms with E-state index in [0.29, 0.717) is 11.5 Å². The minimum atomic E-state index is 0.417. The van der Waals surface area contributed by atoms with E-state index in [4.69, 9.17) is 5.73 Å². The Bertz CT molecular complexity index is 123. The number of nitrogens with two attached hydrogens (primary N) is 1. The van der Waals surface area contributed by atoms with E-state index in [-0.39, 0.29) is 0 Å². The molecule has 1 aliphatic rings. The number of hydrogen-bond acceptors (Lipinski definition) is 1. The Hall–Kier alpha value is -0.0400. The Balaban J connectivity index is 2.55. The second-order valence-corrected chi connectivity index (χ2v) is 4.92. The molecule has 0 spiro atoms. The second kappa shape index (κ2) is 3.14. The lowest BCUT2D eigenvalue weighted by molar-refractivity contribution is 0.153. The van der Waals surface area contributed by atoms with Crippen LogP contribution in [0.3, 0.4) is 0 Å². The van der Waals surface area contributed by atoms with Gasteiger partial charge in [-0.25, -0.2) is 0 Å². The van der Waals surface area contributed by atoms with Crippen LogP contribution in [-0.4, -0.2) is 6.04 Å². The Morgan fingerprint density at radius 1 is 1.09 bits per heavy atom. The summed E-state index contributed by atoms with van der Waals surface area (Å²) in [4.78, 5) is 0. The molecular formula is C10H21N. The van der Waals surface area contributed by atoms with Crippen LogP contribution < -0.4 is 5.73 Å². The summed E-state index contributed by atoms with van der Waals surface area (Å²) in [5.74, 6) is 0.747. The van der Waals surface area contributed by atoms with Gasteiger partial charge in [-0.15, -0.1) is 0 Å². The van der Waals surface area contributed by atoms with Gasteiger partial charge in [-0.3, -0.25) is 0 Å². The molecule has 1 fully saturated rings. The normalized spacial score (nSPS) is 33.8. The van der Waals surface area contributed by atoms with Gasteiger partial charge < -0.3 is 5.73 Å². The summed E-state index contributed by atoms with van der Waals surface area (Å²) in [6, 6.07) is 0.462. The molecule has 1 saturated carbocycles. The highest BCUT2D eigenvalue weighted by molar-refractivity contribution is 4.85. The molecule has 0 bridgehead atoms. The monoisotopic (exact) mass is 155 g/mol. The maximum Gasteiger partial charge on any atom is 0.00721 e. The van der Waals surface area contributed by atoms with Gasteiger partial charge in [0, 0.05) is 6.04 Å². The van der Waals surface area contributed by atoms with Gasteiger partial charge in [0.05, 0.1) is 0 Å². The van der Waals surface area contributed by atoms with Gasteiger partial charge in [0.2, 0.25) is 0 Å². The Kier molecular flexibility index (Phi) is 2.58. The van der Waals surface area contributed by atoms with Gasteiger partial charge in [-0.2, -0.15) is 0 Å². The second-order valence-electron chi connectivity index (χ2n) is 4.92. The van der Waals surface area contributed by atoms with Gasteiger partial charge in [0.15, 0.2) is 0 Å². The Morgan fingerprint density at radius 2 is 1.64 bits per heavy atom. The third-order valence-corrected chi connectivity index (χ3v) is 2.93. The minimum absolute atomic E-state index is 0.417. The molecule has 66 valence electrons. The van der Waals surface area contributed by atoms with Crippen molar-refractivity contribution in [3.05, 3.63) is 0 Å². The van der Waals surface area contributed by atoms with Gasteiger partial charge in [0.1, 0.15) is 0 Å². The van der Waals surface area contributed by atoms with E-state index in [1.807, 2.05) is 0 Å². The van der Waals surface area contributed by atoms with Crippen LogP contribution in [0.4, 0.5) is 0 Å². The van der Waals surface area contributed by atoms with Crippen LogP contribution in [-0.2, 0) is 0 Å². The van der Waals surface area contributed by atoms with Crippen LogP contribution in [0.2, 0.25) is 0 Å². The van der Waals surface area contributed by atoms with Crippen molar-refractivity contribution >= 4 is 0 Å². The first kappa shape index (κ1) is 9.05. The molecule has 0 saturated heterocycles. The van der Waals surface area contributed by atoms with Gasteiger partial charge in [-0.1, -0.05) is 33.6 Å². The van der Waals surface area contributed by atoms with Crippen molar-refractivity contribution in [3.63, 3.8) is 0 Å². The molecule has 0 aromatic heterocycles. The smallest absolute Gasteiger partial charge is 0.00721 e. The van der Waals surface area contributed by atoms with Gasteiger partial charge >= 0.3 is 0 Å². The van der Waals surface area contributed by atoms with Crippen molar-refractivity contribution in [2.24, 2.45) is 17.1 Å². The third-order valence-electron chi connectivity index (χ3n) is 2.93. The van der Waals surface area contributed by atoms with E-state index in [0.717, 1.165) is 5.92 Å². The molecule has 1 heteroatoms. The molecule has 2 atom stereocenters. The standard InChI is InChI=1S/C10H21N/c1-10(2,3)8-6-4-5-7-9(8)11/h8-9H,4-7,11H2,1-3H3/t8?,9-/m1/s1. The predicted molar refractivity (Wildman–Crippen MR) is 49.4 cm³/mol. The van der Waals surface area contributed by atoms with E-state index in [1.165, 1.54) is 25.7 Å². The molecule has 1 nitrogen and oxygen atoms in total. The highest BCUT2D eigenvalue weighted by atomic mass is 14.7. The summed E-state index contributed by atoms with van der Waals surface area (Å²) < 4.78 is 0. The zero-order valence-electron chi connectivity index (χ0n) is 8.06. The van der Waals surface area contributed by atoms with Crippen molar-refractivity contribution < 1.29 is 0 Å². The first-order valence-electron chi connectivity index (χ1n) is 4.77. The van der Waals surface area contributed by atoms with E-state index in [9.17, 15) is 0 Å². The van der Waals surface area contributed by atoms with Crippen molar-refractivity contribution in [2.75, 3.05) is 0 Å². The van der Waals surface area contributed by atoms with E-state index in [2.05, 4.69) is 20.8 Å². The van der Waals surface area contributed by atoms with E-state index in [1.54, 1.807) is 0 Å². The average Bonchev–Trinajstić information content (AvgIpc) is 1.86. The fourth-order valence-corrected chi connectivity index (χ4v) is 2.23. The predicted octanol–water partition coefficient (Wildman–Crippen LogP) is 2.55. The molecule has 1 unspecified atom stereocenters. The van der Waals surface area contributed by atoms with Crippen molar-refractivity contribution in [3.8, 4) is 0 Å². The number of rotatable bonds is 0. The van der Waals surface area contributed by atoms with E-state index < -0.39 is 0 Å². The summed E-state index contributed by atoms with van der Waals surface area (Å²) in [5, 5.41) is 0. The summed E-state index contributed by atoms with van der Waals surface area (Å²) >= 11 is 0. The third kappa shape index (κ3) is 2.19.